The Bertz CT molecular complexity index is 422. The van der Waals surface area contributed by atoms with Crippen LogP contribution in [0.2, 0.25) is 0 Å². The lowest BCUT2D eigenvalue weighted by Crippen LogP contribution is -2.37. The molecule has 1 unspecified atom stereocenters. The SMILES string of the molecule is Cc1ccccc1CC(=O)NCC1(C)CCNC1. The van der Waals surface area contributed by atoms with E-state index < -0.39 is 0 Å². The van der Waals surface area contributed by atoms with Crippen LogP contribution in [0.25, 0.3) is 0 Å². The van der Waals surface area contributed by atoms with Crippen LogP contribution < -0.4 is 10.6 Å². The molecule has 18 heavy (non-hydrogen) atoms. The van der Waals surface area contributed by atoms with E-state index in [1.165, 1.54) is 5.56 Å². The number of amides is 1. The lowest BCUT2D eigenvalue weighted by molar-refractivity contribution is -0.120. The maximum absolute atomic E-state index is 11.9. The molecule has 98 valence electrons. The number of benzene rings is 1. The predicted molar refractivity (Wildman–Crippen MR) is 73.5 cm³/mol. The smallest absolute Gasteiger partial charge is 0.224 e. The zero-order valence-corrected chi connectivity index (χ0v) is 11.3. The minimum absolute atomic E-state index is 0.123. The lowest BCUT2D eigenvalue weighted by atomic mass is 9.90. The first-order valence-electron chi connectivity index (χ1n) is 6.61. The van der Waals surface area contributed by atoms with E-state index in [-0.39, 0.29) is 11.3 Å². The fourth-order valence-electron chi connectivity index (χ4n) is 2.38. The number of carbonyl (C=O) groups is 1. The molecule has 1 aliphatic rings. The lowest BCUT2D eigenvalue weighted by Gasteiger charge is -2.22. The molecule has 0 aromatic heterocycles. The predicted octanol–water partition coefficient (Wildman–Crippen LogP) is 1.65. The molecule has 2 N–H and O–H groups in total. The Balaban J connectivity index is 1.84. The summed E-state index contributed by atoms with van der Waals surface area (Å²) < 4.78 is 0. The quantitative estimate of drug-likeness (QED) is 0.848. The average molecular weight is 246 g/mol. The van der Waals surface area contributed by atoms with Crippen molar-refractivity contribution in [1.29, 1.82) is 0 Å². The van der Waals surface area contributed by atoms with Crippen molar-refractivity contribution >= 4 is 5.91 Å². The Labute approximate surface area is 109 Å². The second-order valence-corrected chi connectivity index (χ2v) is 5.62. The Kier molecular flexibility index (Phi) is 4.02. The summed E-state index contributed by atoms with van der Waals surface area (Å²) in [6, 6.07) is 8.05. The Morgan fingerprint density at radius 3 is 2.89 bits per heavy atom. The van der Waals surface area contributed by atoms with Crippen molar-refractivity contribution in [3.8, 4) is 0 Å². The molecule has 1 aromatic carbocycles. The zero-order chi connectivity index (χ0) is 13.0. The van der Waals surface area contributed by atoms with E-state index in [2.05, 4.69) is 17.6 Å². The van der Waals surface area contributed by atoms with Crippen LogP contribution in [0.15, 0.2) is 24.3 Å². The largest absolute Gasteiger partial charge is 0.355 e. The van der Waals surface area contributed by atoms with Crippen LogP contribution in [0.5, 0.6) is 0 Å². The molecule has 0 bridgehead atoms. The van der Waals surface area contributed by atoms with Crippen LogP contribution in [0.4, 0.5) is 0 Å². The summed E-state index contributed by atoms with van der Waals surface area (Å²) in [5.41, 5.74) is 2.52. The van der Waals surface area contributed by atoms with Gasteiger partial charge in [-0.05, 0) is 36.4 Å². The van der Waals surface area contributed by atoms with E-state index in [4.69, 9.17) is 0 Å². The maximum Gasteiger partial charge on any atom is 0.224 e. The highest BCUT2D eigenvalue weighted by Gasteiger charge is 2.28. The van der Waals surface area contributed by atoms with E-state index in [0.717, 1.165) is 31.6 Å². The third-order valence-electron chi connectivity index (χ3n) is 3.78. The topological polar surface area (TPSA) is 41.1 Å². The summed E-state index contributed by atoms with van der Waals surface area (Å²) in [7, 11) is 0. The highest BCUT2D eigenvalue weighted by Crippen LogP contribution is 2.22. The summed E-state index contributed by atoms with van der Waals surface area (Å²) in [5, 5.41) is 6.41. The molecule has 1 fully saturated rings. The maximum atomic E-state index is 11.9. The second kappa shape index (κ2) is 5.53. The van der Waals surface area contributed by atoms with Gasteiger partial charge in [-0.1, -0.05) is 31.2 Å². The van der Waals surface area contributed by atoms with E-state index in [1.54, 1.807) is 0 Å². The van der Waals surface area contributed by atoms with Gasteiger partial charge in [-0.25, -0.2) is 0 Å². The van der Waals surface area contributed by atoms with Gasteiger partial charge in [0.15, 0.2) is 0 Å². The molecule has 1 aliphatic heterocycles. The van der Waals surface area contributed by atoms with Crippen molar-refractivity contribution < 1.29 is 4.79 Å². The molecule has 1 saturated heterocycles. The van der Waals surface area contributed by atoms with Crippen LogP contribution in [-0.2, 0) is 11.2 Å². The average Bonchev–Trinajstić information content (AvgIpc) is 2.77. The first-order valence-corrected chi connectivity index (χ1v) is 6.61. The van der Waals surface area contributed by atoms with Crippen LogP contribution in [0, 0.1) is 12.3 Å². The highest BCUT2D eigenvalue weighted by molar-refractivity contribution is 5.78. The molecule has 1 atom stereocenters. The van der Waals surface area contributed by atoms with Gasteiger partial charge in [-0.3, -0.25) is 4.79 Å². The molecule has 1 aromatic rings. The second-order valence-electron chi connectivity index (χ2n) is 5.62. The van der Waals surface area contributed by atoms with Gasteiger partial charge in [0, 0.05) is 13.1 Å². The van der Waals surface area contributed by atoms with Crippen molar-refractivity contribution in [2.75, 3.05) is 19.6 Å². The summed E-state index contributed by atoms with van der Waals surface area (Å²) in [6.07, 6.45) is 1.62. The summed E-state index contributed by atoms with van der Waals surface area (Å²) in [4.78, 5) is 11.9. The molecule has 1 amide bonds. The monoisotopic (exact) mass is 246 g/mol. The zero-order valence-electron chi connectivity index (χ0n) is 11.3. The summed E-state index contributed by atoms with van der Waals surface area (Å²) >= 11 is 0. The highest BCUT2D eigenvalue weighted by atomic mass is 16.1. The minimum Gasteiger partial charge on any atom is -0.355 e. The molecule has 0 saturated carbocycles. The summed E-state index contributed by atoms with van der Waals surface area (Å²) in [5.74, 6) is 0.123. The van der Waals surface area contributed by atoms with Gasteiger partial charge >= 0.3 is 0 Å². The first-order chi connectivity index (χ1) is 8.59. The number of carbonyl (C=O) groups excluding carboxylic acids is 1. The fourth-order valence-corrected chi connectivity index (χ4v) is 2.38. The fraction of sp³-hybridized carbons (Fsp3) is 0.533. The van der Waals surface area contributed by atoms with Gasteiger partial charge in [0.05, 0.1) is 6.42 Å². The Morgan fingerprint density at radius 1 is 1.44 bits per heavy atom. The normalized spacial score (nSPS) is 23.0. The van der Waals surface area contributed by atoms with Crippen molar-refractivity contribution in [3.63, 3.8) is 0 Å². The van der Waals surface area contributed by atoms with Gasteiger partial charge in [-0.2, -0.15) is 0 Å². The van der Waals surface area contributed by atoms with Gasteiger partial charge in [0.1, 0.15) is 0 Å². The first kappa shape index (κ1) is 13.1. The molecular weight excluding hydrogens is 224 g/mol. The standard InChI is InChI=1S/C15H22N2O/c1-12-5-3-4-6-13(12)9-14(18)17-11-15(2)7-8-16-10-15/h3-6,16H,7-11H2,1-2H3,(H,17,18). The summed E-state index contributed by atoms with van der Waals surface area (Å²) in [6.45, 7) is 7.10. The van der Waals surface area contributed by atoms with Crippen LogP contribution >= 0.6 is 0 Å². The molecule has 3 heteroatoms. The van der Waals surface area contributed by atoms with Crippen LogP contribution in [-0.4, -0.2) is 25.5 Å². The molecule has 0 spiro atoms. The molecule has 2 rings (SSSR count). The molecule has 0 aliphatic carbocycles. The minimum atomic E-state index is 0.123. The Hall–Kier alpha value is -1.35. The van der Waals surface area contributed by atoms with Crippen LogP contribution in [0.1, 0.15) is 24.5 Å². The van der Waals surface area contributed by atoms with Gasteiger partial charge < -0.3 is 10.6 Å². The van der Waals surface area contributed by atoms with Crippen molar-refractivity contribution in [2.45, 2.75) is 26.7 Å². The molecule has 1 heterocycles. The number of nitrogens with one attached hydrogen (secondary N) is 2. The van der Waals surface area contributed by atoms with E-state index in [1.807, 2.05) is 31.2 Å². The van der Waals surface area contributed by atoms with E-state index >= 15 is 0 Å². The third kappa shape index (κ3) is 3.33. The molecule has 3 nitrogen and oxygen atoms in total. The van der Waals surface area contributed by atoms with E-state index in [9.17, 15) is 4.79 Å². The van der Waals surface area contributed by atoms with E-state index in [0.29, 0.717) is 6.42 Å². The number of hydrogen-bond donors (Lipinski definition) is 2. The number of aryl methyl sites for hydroxylation is 1. The van der Waals surface area contributed by atoms with Gasteiger partial charge in [0.25, 0.3) is 0 Å². The van der Waals surface area contributed by atoms with Crippen molar-refractivity contribution in [3.05, 3.63) is 35.4 Å². The van der Waals surface area contributed by atoms with Gasteiger partial charge in [0.2, 0.25) is 5.91 Å². The van der Waals surface area contributed by atoms with Crippen molar-refractivity contribution in [2.24, 2.45) is 5.41 Å². The Morgan fingerprint density at radius 2 is 2.22 bits per heavy atom. The van der Waals surface area contributed by atoms with Crippen molar-refractivity contribution in [1.82, 2.24) is 10.6 Å². The number of hydrogen-bond acceptors (Lipinski definition) is 2. The third-order valence-corrected chi connectivity index (χ3v) is 3.78. The number of rotatable bonds is 4. The molecular formula is C15H22N2O. The van der Waals surface area contributed by atoms with Gasteiger partial charge in [-0.15, -0.1) is 0 Å². The van der Waals surface area contributed by atoms with Crippen LogP contribution in [0.3, 0.4) is 0 Å². The molecule has 0 radical (unpaired) electrons.